The third kappa shape index (κ3) is 1.41. The summed E-state index contributed by atoms with van der Waals surface area (Å²) >= 11 is 5.48. The fraction of sp³-hybridized carbons (Fsp3) is 0. The van der Waals surface area contributed by atoms with Crippen LogP contribution < -0.4 is 5.73 Å². The Morgan fingerprint density at radius 1 is 1.55 bits per heavy atom. The number of nitriles is 1. The smallest absolute Gasteiger partial charge is 0.126 e. The second-order valence-corrected chi connectivity index (χ2v) is 2.37. The van der Waals surface area contributed by atoms with Gasteiger partial charge in [-0.2, -0.15) is 5.26 Å². The summed E-state index contributed by atoms with van der Waals surface area (Å²) in [5.41, 5.74) is 5.53. The minimum atomic E-state index is -0.555. The number of nitrogens with zero attached hydrogens (tertiary/aromatic N) is 1. The Hall–Kier alpha value is -1.27. The lowest BCUT2D eigenvalue weighted by Crippen LogP contribution is -1.92. The van der Waals surface area contributed by atoms with E-state index in [9.17, 15) is 4.39 Å². The van der Waals surface area contributed by atoms with Crippen LogP contribution >= 0.6 is 11.6 Å². The van der Waals surface area contributed by atoms with Crippen molar-refractivity contribution in [2.24, 2.45) is 0 Å². The summed E-state index contributed by atoms with van der Waals surface area (Å²) < 4.78 is 12.5. The van der Waals surface area contributed by atoms with E-state index in [1.165, 1.54) is 0 Å². The van der Waals surface area contributed by atoms with Crippen LogP contribution in [0.3, 0.4) is 0 Å². The van der Waals surface area contributed by atoms with Gasteiger partial charge in [-0.05, 0) is 12.1 Å². The molecule has 0 saturated carbocycles. The molecule has 0 unspecified atom stereocenters. The van der Waals surface area contributed by atoms with E-state index < -0.39 is 5.82 Å². The first kappa shape index (κ1) is 7.83. The first-order valence-corrected chi connectivity index (χ1v) is 3.17. The van der Waals surface area contributed by atoms with E-state index in [0.717, 1.165) is 12.1 Å². The molecule has 0 heterocycles. The lowest BCUT2D eigenvalue weighted by molar-refractivity contribution is 0.627. The molecule has 0 spiro atoms. The van der Waals surface area contributed by atoms with Gasteiger partial charge in [0.25, 0.3) is 0 Å². The van der Waals surface area contributed by atoms with Crippen molar-refractivity contribution in [2.45, 2.75) is 0 Å². The van der Waals surface area contributed by atoms with Crippen LogP contribution in [-0.4, -0.2) is 0 Å². The molecular formula is C7H4ClFN2. The minimum absolute atomic E-state index is 0.0648. The normalized spacial score (nSPS) is 9.18. The van der Waals surface area contributed by atoms with Gasteiger partial charge in [-0.1, -0.05) is 11.6 Å². The molecule has 0 aromatic heterocycles. The zero-order valence-corrected chi connectivity index (χ0v) is 6.19. The molecule has 0 aliphatic carbocycles. The molecule has 0 saturated heterocycles. The van der Waals surface area contributed by atoms with Crippen molar-refractivity contribution in [2.75, 3.05) is 5.73 Å². The molecule has 1 rings (SSSR count). The molecule has 0 radical (unpaired) electrons. The molecule has 4 heteroatoms. The van der Waals surface area contributed by atoms with Gasteiger partial charge in [0, 0.05) is 0 Å². The van der Waals surface area contributed by atoms with Crippen molar-refractivity contribution in [1.29, 1.82) is 5.26 Å². The summed E-state index contributed by atoms with van der Waals surface area (Å²) in [4.78, 5) is 0. The van der Waals surface area contributed by atoms with E-state index in [-0.39, 0.29) is 16.3 Å². The van der Waals surface area contributed by atoms with Gasteiger partial charge >= 0.3 is 0 Å². The SMILES string of the molecule is N#Cc1cc(F)cc(Cl)c1N. The summed E-state index contributed by atoms with van der Waals surface area (Å²) in [7, 11) is 0. The highest BCUT2D eigenvalue weighted by Crippen LogP contribution is 2.23. The molecule has 0 atom stereocenters. The monoisotopic (exact) mass is 170 g/mol. The summed E-state index contributed by atoms with van der Waals surface area (Å²) in [5.74, 6) is -0.555. The molecule has 1 aromatic carbocycles. The van der Waals surface area contributed by atoms with Crippen LogP contribution in [0.5, 0.6) is 0 Å². The number of anilines is 1. The molecule has 11 heavy (non-hydrogen) atoms. The Balaban J connectivity index is 3.39. The fourth-order valence-corrected chi connectivity index (χ4v) is 0.883. The standard InChI is InChI=1S/C7H4ClFN2/c8-6-2-5(9)1-4(3-10)7(6)11/h1-2H,11H2. The van der Waals surface area contributed by atoms with Gasteiger partial charge in [0.1, 0.15) is 11.9 Å². The molecule has 2 N–H and O–H groups in total. The Kier molecular flexibility index (Phi) is 1.97. The molecule has 0 aliphatic heterocycles. The predicted molar refractivity (Wildman–Crippen MR) is 40.5 cm³/mol. The number of nitrogen functional groups attached to an aromatic ring is 1. The van der Waals surface area contributed by atoms with Crippen molar-refractivity contribution in [3.8, 4) is 6.07 Å². The first-order valence-electron chi connectivity index (χ1n) is 2.79. The lowest BCUT2D eigenvalue weighted by Gasteiger charge is -1.98. The zero-order valence-electron chi connectivity index (χ0n) is 5.44. The summed E-state index contributed by atoms with van der Waals surface area (Å²) in [6.07, 6.45) is 0. The number of rotatable bonds is 0. The van der Waals surface area contributed by atoms with Crippen LogP contribution in [0.1, 0.15) is 5.56 Å². The van der Waals surface area contributed by atoms with Crippen LogP contribution in [-0.2, 0) is 0 Å². The molecule has 56 valence electrons. The van der Waals surface area contributed by atoms with Crippen LogP contribution in [0.4, 0.5) is 10.1 Å². The third-order valence-electron chi connectivity index (χ3n) is 1.21. The number of hydrogen-bond donors (Lipinski definition) is 1. The van der Waals surface area contributed by atoms with Crippen molar-refractivity contribution >= 4 is 17.3 Å². The number of nitrogens with two attached hydrogens (primary N) is 1. The number of benzene rings is 1. The maximum absolute atomic E-state index is 12.5. The van der Waals surface area contributed by atoms with E-state index in [2.05, 4.69) is 0 Å². The summed E-state index contributed by atoms with van der Waals surface area (Å²) in [6.45, 7) is 0. The average molecular weight is 171 g/mol. The van der Waals surface area contributed by atoms with E-state index in [4.69, 9.17) is 22.6 Å². The van der Waals surface area contributed by atoms with Crippen LogP contribution in [0.15, 0.2) is 12.1 Å². The molecule has 0 fully saturated rings. The highest BCUT2D eigenvalue weighted by molar-refractivity contribution is 6.33. The van der Waals surface area contributed by atoms with Gasteiger partial charge in [0.2, 0.25) is 0 Å². The second-order valence-electron chi connectivity index (χ2n) is 1.96. The molecule has 0 bridgehead atoms. The van der Waals surface area contributed by atoms with Gasteiger partial charge in [-0.15, -0.1) is 0 Å². The van der Waals surface area contributed by atoms with Crippen molar-refractivity contribution in [1.82, 2.24) is 0 Å². The van der Waals surface area contributed by atoms with Gasteiger partial charge in [-0.3, -0.25) is 0 Å². The largest absolute Gasteiger partial charge is 0.396 e. The highest BCUT2D eigenvalue weighted by Gasteiger charge is 2.04. The third-order valence-corrected chi connectivity index (χ3v) is 1.53. The highest BCUT2D eigenvalue weighted by atomic mass is 35.5. The zero-order chi connectivity index (χ0) is 8.43. The fourth-order valence-electron chi connectivity index (χ4n) is 0.677. The van der Waals surface area contributed by atoms with Gasteiger partial charge in [0.05, 0.1) is 16.3 Å². The molecule has 0 amide bonds. The van der Waals surface area contributed by atoms with E-state index in [1.54, 1.807) is 6.07 Å². The molecule has 2 nitrogen and oxygen atoms in total. The maximum Gasteiger partial charge on any atom is 0.126 e. The predicted octanol–water partition coefficient (Wildman–Crippen LogP) is 1.93. The molecule has 1 aromatic rings. The minimum Gasteiger partial charge on any atom is -0.396 e. The van der Waals surface area contributed by atoms with Gasteiger partial charge in [-0.25, -0.2) is 4.39 Å². The Morgan fingerprint density at radius 2 is 2.18 bits per heavy atom. The Labute approximate surface area is 68.0 Å². The van der Waals surface area contributed by atoms with Crippen LogP contribution in [0, 0.1) is 17.1 Å². The Morgan fingerprint density at radius 3 is 2.73 bits per heavy atom. The van der Waals surface area contributed by atoms with Gasteiger partial charge < -0.3 is 5.73 Å². The summed E-state index contributed by atoms with van der Waals surface area (Å²) in [5, 5.41) is 8.48. The number of halogens is 2. The lowest BCUT2D eigenvalue weighted by atomic mass is 10.2. The van der Waals surface area contributed by atoms with Crippen molar-refractivity contribution in [3.63, 3.8) is 0 Å². The van der Waals surface area contributed by atoms with Crippen LogP contribution in [0.2, 0.25) is 5.02 Å². The van der Waals surface area contributed by atoms with Crippen LogP contribution in [0.25, 0.3) is 0 Å². The number of hydrogen-bond acceptors (Lipinski definition) is 2. The average Bonchev–Trinajstić information content (AvgIpc) is 1.96. The van der Waals surface area contributed by atoms with E-state index >= 15 is 0 Å². The van der Waals surface area contributed by atoms with Gasteiger partial charge in [0.15, 0.2) is 0 Å². The maximum atomic E-state index is 12.5. The van der Waals surface area contributed by atoms with Crippen molar-refractivity contribution < 1.29 is 4.39 Å². The summed E-state index contributed by atoms with van der Waals surface area (Å²) in [6, 6.07) is 3.84. The van der Waals surface area contributed by atoms with E-state index in [1.807, 2.05) is 0 Å². The molecular weight excluding hydrogens is 167 g/mol. The van der Waals surface area contributed by atoms with Crippen molar-refractivity contribution in [3.05, 3.63) is 28.5 Å². The Bertz CT molecular complexity index is 330. The van der Waals surface area contributed by atoms with E-state index in [0.29, 0.717) is 0 Å². The quantitative estimate of drug-likeness (QED) is 0.605. The topological polar surface area (TPSA) is 49.8 Å². The molecule has 0 aliphatic rings. The second kappa shape index (κ2) is 2.77. The first-order chi connectivity index (χ1) is 5.15.